The van der Waals surface area contributed by atoms with Gasteiger partial charge in [0, 0.05) is 43.7 Å². The van der Waals surface area contributed by atoms with Crippen molar-refractivity contribution in [3.05, 3.63) is 47.3 Å². The lowest BCUT2D eigenvalue weighted by Crippen LogP contribution is -2.56. The SMILES string of the molecule is NC(=O)c1ccc(NC(=O)C(=O)N2CCC3(CC2)OCCN3S(=O)(=O)c2cccs2)cc1. The molecule has 10 nitrogen and oxygen atoms in total. The van der Waals surface area contributed by atoms with Crippen LogP contribution in [0, 0.1) is 0 Å². The van der Waals surface area contributed by atoms with Gasteiger partial charge in [-0.1, -0.05) is 6.07 Å². The Labute approximate surface area is 189 Å². The maximum absolute atomic E-state index is 13.0. The van der Waals surface area contributed by atoms with E-state index in [0.717, 1.165) is 11.3 Å². The van der Waals surface area contributed by atoms with Gasteiger partial charge in [0.25, 0.3) is 10.0 Å². The molecule has 0 aliphatic carbocycles. The number of amides is 3. The zero-order valence-corrected chi connectivity index (χ0v) is 18.7. The van der Waals surface area contributed by atoms with Gasteiger partial charge in [0.05, 0.1) is 6.61 Å². The maximum atomic E-state index is 13.0. The predicted octanol–water partition coefficient (Wildman–Crippen LogP) is 0.825. The first kappa shape index (κ1) is 22.4. The number of nitrogens with one attached hydrogen (secondary N) is 1. The molecule has 12 heteroatoms. The summed E-state index contributed by atoms with van der Waals surface area (Å²) in [5.41, 5.74) is 4.82. The molecule has 1 aromatic heterocycles. The van der Waals surface area contributed by atoms with Crippen molar-refractivity contribution in [1.82, 2.24) is 9.21 Å². The summed E-state index contributed by atoms with van der Waals surface area (Å²) in [6.45, 7) is 0.892. The molecule has 2 aliphatic rings. The zero-order chi connectivity index (χ0) is 22.9. The second kappa shape index (κ2) is 8.62. The first-order valence-corrected chi connectivity index (χ1v) is 12.3. The van der Waals surface area contributed by atoms with E-state index in [4.69, 9.17) is 10.5 Å². The monoisotopic (exact) mass is 478 g/mol. The molecule has 2 aromatic rings. The van der Waals surface area contributed by atoms with Crippen LogP contribution in [0.3, 0.4) is 0 Å². The number of anilines is 1. The molecule has 170 valence electrons. The third-order valence-corrected chi connectivity index (χ3v) is 8.93. The van der Waals surface area contributed by atoms with E-state index in [1.54, 1.807) is 17.5 Å². The summed E-state index contributed by atoms with van der Waals surface area (Å²) in [5, 5.41) is 4.21. The second-order valence-electron chi connectivity index (χ2n) is 7.49. The largest absolute Gasteiger partial charge is 0.366 e. The number of carbonyl (C=O) groups is 3. The maximum Gasteiger partial charge on any atom is 0.313 e. The summed E-state index contributed by atoms with van der Waals surface area (Å²) in [5.74, 6) is -2.13. The van der Waals surface area contributed by atoms with Crippen LogP contribution < -0.4 is 11.1 Å². The Bertz CT molecular complexity index is 1120. The molecular weight excluding hydrogens is 456 g/mol. The van der Waals surface area contributed by atoms with Gasteiger partial charge in [0.2, 0.25) is 5.91 Å². The van der Waals surface area contributed by atoms with Crippen LogP contribution in [-0.4, -0.2) is 67.3 Å². The number of thiophene rings is 1. The number of nitrogens with two attached hydrogens (primary N) is 1. The molecule has 2 aliphatic heterocycles. The Kier molecular flexibility index (Phi) is 6.03. The third kappa shape index (κ3) is 4.13. The molecule has 3 amide bonds. The Hall–Kier alpha value is -2.80. The molecule has 3 heterocycles. The van der Waals surface area contributed by atoms with E-state index in [1.165, 1.54) is 33.5 Å². The van der Waals surface area contributed by atoms with Crippen molar-refractivity contribution in [2.75, 3.05) is 31.6 Å². The van der Waals surface area contributed by atoms with Crippen LogP contribution in [0.15, 0.2) is 46.0 Å². The van der Waals surface area contributed by atoms with E-state index in [2.05, 4.69) is 5.32 Å². The molecule has 0 atom stereocenters. The molecule has 1 aromatic carbocycles. The van der Waals surface area contributed by atoms with Crippen LogP contribution in [-0.2, 0) is 24.3 Å². The molecule has 0 radical (unpaired) electrons. The Morgan fingerprint density at radius 2 is 1.75 bits per heavy atom. The molecule has 1 spiro atoms. The summed E-state index contributed by atoms with van der Waals surface area (Å²) < 4.78 is 33.6. The number of nitrogens with zero attached hydrogens (tertiary/aromatic N) is 2. The van der Waals surface area contributed by atoms with Crippen molar-refractivity contribution in [3.8, 4) is 0 Å². The van der Waals surface area contributed by atoms with Crippen LogP contribution in [0.5, 0.6) is 0 Å². The Balaban J connectivity index is 1.40. The highest BCUT2D eigenvalue weighted by molar-refractivity contribution is 7.91. The fourth-order valence-electron chi connectivity index (χ4n) is 3.95. The van der Waals surface area contributed by atoms with Gasteiger partial charge in [-0.05, 0) is 35.7 Å². The summed E-state index contributed by atoms with van der Waals surface area (Å²) in [4.78, 5) is 37.5. The molecule has 0 unspecified atom stereocenters. The molecule has 2 saturated heterocycles. The Morgan fingerprint density at radius 1 is 1.06 bits per heavy atom. The number of primary amides is 1. The molecule has 32 heavy (non-hydrogen) atoms. The van der Waals surface area contributed by atoms with E-state index in [9.17, 15) is 22.8 Å². The number of benzene rings is 1. The minimum absolute atomic E-state index is 0.184. The fourth-order valence-corrected chi connectivity index (χ4v) is 6.78. The van der Waals surface area contributed by atoms with Crippen molar-refractivity contribution in [1.29, 1.82) is 0 Å². The van der Waals surface area contributed by atoms with Gasteiger partial charge in [0.1, 0.15) is 9.93 Å². The summed E-state index contributed by atoms with van der Waals surface area (Å²) in [6, 6.07) is 9.11. The van der Waals surface area contributed by atoms with Crippen molar-refractivity contribution in [2.45, 2.75) is 22.8 Å². The normalized spacial score (nSPS) is 18.6. The van der Waals surface area contributed by atoms with Crippen LogP contribution in [0.1, 0.15) is 23.2 Å². The van der Waals surface area contributed by atoms with Crippen LogP contribution in [0.4, 0.5) is 5.69 Å². The lowest BCUT2D eigenvalue weighted by Gasteiger charge is -2.42. The van der Waals surface area contributed by atoms with E-state index in [-0.39, 0.29) is 48.9 Å². The number of ether oxygens (including phenoxy) is 1. The van der Waals surface area contributed by atoms with Crippen molar-refractivity contribution < 1.29 is 27.5 Å². The van der Waals surface area contributed by atoms with Crippen LogP contribution >= 0.6 is 11.3 Å². The van der Waals surface area contributed by atoms with Gasteiger partial charge < -0.3 is 20.7 Å². The number of piperidine rings is 1. The number of likely N-dealkylation sites (tertiary alicyclic amines) is 1. The van der Waals surface area contributed by atoms with Crippen molar-refractivity contribution in [2.24, 2.45) is 5.73 Å². The lowest BCUT2D eigenvalue weighted by molar-refractivity contribution is -0.148. The molecule has 0 saturated carbocycles. The van der Waals surface area contributed by atoms with Crippen LogP contribution in [0.25, 0.3) is 0 Å². The average Bonchev–Trinajstić information content (AvgIpc) is 3.45. The van der Waals surface area contributed by atoms with Crippen LogP contribution in [0.2, 0.25) is 0 Å². The number of sulfonamides is 1. The van der Waals surface area contributed by atoms with Gasteiger partial charge >= 0.3 is 11.8 Å². The lowest BCUT2D eigenvalue weighted by atomic mass is 10.0. The minimum atomic E-state index is -3.70. The van der Waals surface area contributed by atoms with Crippen molar-refractivity contribution >= 4 is 44.8 Å². The van der Waals surface area contributed by atoms with Gasteiger partial charge in [-0.25, -0.2) is 8.42 Å². The third-order valence-electron chi connectivity index (χ3n) is 5.61. The van der Waals surface area contributed by atoms with Gasteiger partial charge in [-0.3, -0.25) is 14.4 Å². The number of carbonyl (C=O) groups excluding carboxylic acids is 3. The highest BCUT2D eigenvalue weighted by Gasteiger charge is 2.51. The highest BCUT2D eigenvalue weighted by atomic mass is 32.2. The highest BCUT2D eigenvalue weighted by Crippen LogP contribution is 2.39. The molecule has 0 bridgehead atoms. The minimum Gasteiger partial charge on any atom is -0.366 e. The molecule has 2 fully saturated rings. The van der Waals surface area contributed by atoms with E-state index in [1.807, 2.05) is 0 Å². The number of hydrogen-bond donors (Lipinski definition) is 2. The fraction of sp³-hybridized carbons (Fsp3) is 0.350. The van der Waals surface area contributed by atoms with E-state index < -0.39 is 33.5 Å². The predicted molar refractivity (Wildman–Crippen MR) is 116 cm³/mol. The second-order valence-corrected chi connectivity index (χ2v) is 10.5. The standard InChI is InChI=1S/C20H22N4O6S2/c21-17(25)14-3-5-15(6-4-14)22-18(26)19(27)23-9-7-20(8-10-23)24(11-12-30-20)32(28,29)16-2-1-13-31-16/h1-6,13H,7-12H2,(H2,21,25)(H,22,26). The van der Waals surface area contributed by atoms with Gasteiger partial charge in [0.15, 0.2) is 0 Å². The molecule has 3 N–H and O–H groups in total. The summed E-state index contributed by atoms with van der Waals surface area (Å²) in [6.07, 6.45) is 0.536. The van der Waals surface area contributed by atoms with Gasteiger partial charge in [-0.15, -0.1) is 11.3 Å². The Morgan fingerprint density at radius 3 is 2.34 bits per heavy atom. The van der Waals surface area contributed by atoms with Gasteiger partial charge in [-0.2, -0.15) is 4.31 Å². The first-order chi connectivity index (χ1) is 15.2. The molecule has 4 rings (SSSR count). The number of hydrogen-bond acceptors (Lipinski definition) is 7. The summed E-state index contributed by atoms with van der Waals surface area (Å²) >= 11 is 1.15. The topological polar surface area (TPSA) is 139 Å². The first-order valence-electron chi connectivity index (χ1n) is 9.93. The van der Waals surface area contributed by atoms with E-state index in [0.29, 0.717) is 5.69 Å². The zero-order valence-electron chi connectivity index (χ0n) is 17.0. The average molecular weight is 479 g/mol. The van der Waals surface area contributed by atoms with Crippen molar-refractivity contribution in [3.63, 3.8) is 0 Å². The molecular formula is C20H22N4O6S2. The smallest absolute Gasteiger partial charge is 0.313 e. The summed E-state index contributed by atoms with van der Waals surface area (Å²) in [7, 11) is -3.70. The number of rotatable bonds is 4. The van der Waals surface area contributed by atoms with E-state index >= 15 is 0 Å². The quantitative estimate of drug-likeness (QED) is 0.624.